The van der Waals surface area contributed by atoms with Crippen molar-refractivity contribution in [2.75, 3.05) is 0 Å². The molecule has 0 saturated heterocycles. The Labute approximate surface area is 206 Å². The van der Waals surface area contributed by atoms with Crippen LogP contribution < -0.4 is 0 Å². The number of halogens is 2. The monoisotopic (exact) mass is 476 g/mol. The topological polar surface area (TPSA) is 20.2 Å². The van der Waals surface area contributed by atoms with E-state index in [1.165, 1.54) is 22.3 Å². The van der Waals surface area contributed by atoms with Crippen LogP contribution in [0.4, 0.5) is 0 Å². The molecule has 0 heterocycles. The predicted molar refractivity (Wildman–Crippen MR) is 137 cm³/mol. The quantitative estimate of drug-likeness (QED) is 0.383. The third-order valence-corrected chi connectivity index (χ3v) is 10.1. The molecule has 2 aromatic carbocycles. The van der Waals surface area contributed by atoms with Crippen LogP contribution in [0.3, 0.4) is 0 Å². The van der Waals surface area contributed by atoms with E-state index in [1.807, 2.05) is 18.2 Å². The fraction of sp³-hybridized carbons (Fsp3) is 0.400. The lowest BCUT2D eigenvalue weighted by molar-refractivity contribution is -0.0375. The van der Waals surface area contributed by atoms with Crippen LogP contribution in [-0.4, -0.2) is 5.11 Å². The van der Waals surface area contributed by atoms with Gasteiger partial charge in [-0.05, 0) is 71.2 Å². The zero-order valence-corrected chi connectivity index (χ0v) is 21.6. The maximum Gasteiger partial charge on any atom is 0.128 e. The summed E-state index contributed by atoms with van der Waals surface area (Å²) >= 11 is 13.2. The Morgan fingerprint density at radius 1 is 0.818 bits per heavy atom. The molecule has 3 heteroatoms. The van der Waals surface area contributed by atoms with E-state index >= 15 is 0 Å². The van der Waals surface area contributed by atoms with E-state index in [0.717, 1.165) is 16.7 Å². The molecule has 0 aliphatic heterocycles. The molecular formula is C30H30Cl2O. The molecule has 0 spiro atoms. The summed E-state index contributed by atoms with van der Waals surface area (Å²) in [6.45, 7) is 13.8. The van der Waals surface area contributed by atoms with Crippen LogP contribution in [-0.2, 0) is 16.4 Å². The number of fused-ring (bicyclic) bond motifs is 5. The van der Waals surface area contributed by atoms with E-state index in [0.29, 0.717) is 21.9 Å². The van der Waals surface area contributed by atoms with Crippen molar-refractivity contribution < 1.29 is 5.11 Å². The van der Waals surface area contributed by atoms with Crippen molar-refractivity contribution in [2.45, 2.75) is 58.0 Å². The summed E-state index contributed by atoms with van der Waals surface area (Å²) in [7, 11) is 0. The lowest BCUT2D eigenvalue weighted by atomic mass is 9.38. The maximum atomic E-state index is 13.1. The second-order valence-corrected chi connectivity index (χ2v) is 12.2. The van der Waals surface area contributed by atoms with Crippen molar-refractivity contribution in [2.24, 2.45) is 17.3 Å². The van der Waals surface area contributed by atoms with E-state index in [2.05, 4.69) is 78.0 Å². The Kier molecular flexibility index (Phi) is 4.11. The molecule has 0 amide bonds. The summed E-state index contributed by atoms with van der Waals surface area (Å²) in [5.41, 5.74) is 5.68. The Balaban J connectivity index is 1.90. The van der Waals surface area contributed by atoms with Gasteiger partial charge < -0.3 is 5.11 Å². The number of aliphatic hydroxyl groups is 1. The summed E-state index contributed by atoms with van der Waals surface area (Å²) < 4.78 is 0. The Bertz CT molecular complexity index is 1350. The van der Waals surface area contributed by atoms with Crippen LogP contribution in [0.2, 0.25) is 10.0 Å². The van der Waals surface area contributed by atoms with Crippen molar-refractivity contribution in [3.05, 3.63) is 104 Å². The van der Waals surface area contributed by atoms with Gasteiger partial charge >= 0.3 is 0 Å². The molecule has 170 valence electrons. The van der Waals surface area contributed by atoms with Crippen LogP contribution in [0.5, 0.6) is 0 Å². The molecular weight excluding hydrogens is 447 g/mol. The van der Waals surface area contributed by atoms with Gasteiger partial charge in [0.1, 0.15) is 5.60 Å². The van der Waals surface area contributed by atoms with Gasteiger partial charge in [0.25, 0.3) is 0 Å². The highest BCUT2D eigenvalue weighted by Gasteiger charge is 2.69. The predicted octanol–water partition coefficient (Wildman–Crippen LogP) is 7.88. The zero-order valence-electron chi connectivity index (χ0n) is 20.1. The van der Waals surface area contributed by atoms with E-state index in [9.17, 15) is 5.11 Å². The summed E-state index contributed by atoms with van der Waals surface area (Å²) in [5.74, 6) is 0.604. The fourth-order valence-electron chi connectivity index (χ4n) is 8.02. The van der Waals surface area contributed by atoms with E-state index in [1.54, 1.807) is 0 Å². The van der Waals surface area contributed by atoms with Crippen molar-refractivity contribution >= 4 is 23.2 Å². The lowest BCUT2D eigenvalue weighted by Crippen LogP contribution is -2.63. The van der Waals surface area contributed by atoms with Crippen LogP contribution in [0.25, 0.3) is 0 Å². The summed E-state index contributed by atoms with van der Waals surface area (Å²) in [4.78, 5) is 0. The third kappa shape index (κ3) is 2.21. The average Bonchev–Trinajstić information content (AvgIpc) is 2.77. The lowest BCUT2D eigenvalue weighted by Gasteiger charge is -2.66. The number of benzene rings is 2. The highest BCUT2D eigenvalue weighted by atomic mass is 35.5. The van der Waals surface area contributed by atoms with Crippen LogP contribution in [0, 0.1) is 17.3 Å². The smallest absolute Gasteiger partial charge is 0.128 e. The molecule has 0 radical (unpaired) electrons. The van der Waals surface area contributed by atoms with E-state index in [-0.39, 0.29) is 10.8 Å². The second kappa shape index (κ2) is 6.25. The first-order chi connectivity index (χ1) is 15.4. The molecule has 0 aromatic heterocycles. The SMILES string of the molecule is CC1C=CC2(C)C3=C1C(C)C=C1C(C)(C)c4ccccc4C(O)(c4cc(Cl)c(Cl)cc42)C13C. The van der Waals surface area contributed by atoms with Gasteiger partial charge in [-0.3, -0.25) is 0 Å². The summed E-state index contributed by atoms with van der Waals surface area (Å²) in [6, 6.07) is 12.3. The molecule has 0 bridgehead atoms. The molecule has 6 rings (SSSR count). The number of hydrogen-bond donors (Lipinski definition) is 1. The van der Waals surface area contributed by atoms with Crippen LogP contribution in [0.1, 0.15) is 63.8 Å². The number of rotatable bonds is 0. The van der Waals surface area contributed by atoms with Gasteiger partial charge in [-0.1, -0.05) is 99.0 Å². The third-order valence-electron chi connectivity index (χ3n) is 9.36. The van der Waals surface area contributed by atoms with Gasteiger partial charge in [0.05, 0.1) is 10.0 Å². The van der Waals surface area contributed by atoms with Crippen molar-refractivity contribution in [3.63, 3.8) is 0 Å². The fourth-order valence-corrected chi connectivity index (χ4v) is 8.35. The first-order valence-corrected chi connectivity index (χ1v) is 12.6. The van der Waals surface area contributed by atoms with Gasteiger partial charge in [-0.2, -0.15) is 0 Å². The van der Waals surface area contributed by atoms with Crippen molar-refractivity contribution in [3.8, 4) is 0 Å². The number of allylic oxidation sites excluding steroid dienone is 4. The van der Waals surface area contributed by atoms with Crippen LogP contribution in [0.15, 0.2) is 71.3 Å². The Morgan fingerprint density at radius 3 is 2.09 bits per heavy atom. The first-order valence-electron chi connectivity index (χ1n) is 11.9. The average molecular weight is 477 g/mol. The van der Waals surface area contributed by atoms with Gasteiger partial charge in [-0.15, -0.1) is 0 Å². The molecule has 2 aromatic rings. The second-order valence-electron chi connectivity index (χ2n) is 11.4. The first kappa shape index (κ1) is 21.7. The standard InChI is InChI=1S/C30H30Cl2O/c1-16-11-12-28(5)20-14-22(31)23(32)15-21(20)30(33)19-10-8-7-9-18(19)27(3,4)24-13-17(2)25(16)26(28)29(24,30)6/h7-17,33H,1-6H3. The molecule has 5 unspecified atom stereocenters. The zero-order chi connectivity index (χ0) is 23.7. The normalized spacial score (nSPS) is 37.2. The van der Waals surface area contributed by atoms with E-state index < -0.39 is 11.0 Å². The molecule has 1 nitrogen and oxygen atoms in total. The van der Waals surface area contributed by atoms with Crippen molar-refractivity contribution in [1.82, 2.24) is 0 Å². The summed E-state index contributed by atoms with van der Waals surface area (Å²) in [5, 5.41) is 14.2. The summed E-state index contributed by atoms with van der Waals surface area (Å²) in [6.07, 6.45) is 7.11. The van der Waals surface area contributed by atoms with Gasteiger partial charge in [-0.25, -0.2) is 0 Å². The van der Waals surface area contributed by atoms with Crippen LogP contribution >= 0.6 is 23.2 Å². The number of hydrogen-bond acceptors (Lipinski definition) is 1. The minimum atomic E-state index is -1.25. The maximum absolute atomic E-state index is 13.1. The molecule has 4 aliphatic carbocycles. The molecule has 0 saturated carbocycles. The van der Waals surface area contributed by atoms with Gasteiger partial charge in [0.15, 0.2) is 0 Å². The molecule has 1 N–H and O–H groups in total. The largest absolute Gasteiger partial charge is 0.379 e. The molecule has 4 aliphatic rings. The Morgan fingerprint density at radius 2 is 1.42 bits per heavy atom. The minimum Gasteiger partial charge on any atom is -0.379 e. The molecule has 33 heavy (non-hydrogen) atoms. The van der Waals surface area contributed by atoms with Gasteiger partial charge in [0, 0.05) is 16.2 Å². The minimum absolute atomic E-state index is 0.219. The molecule has 0 fully saturated rings. The van der Waals surface area contributed by atoms with Crippen molar-refractivity contribution in [1.29, 1.82) is 0 Å². The highest BCUT2D eigenvalue weighted by Crippen LogP contribution is 2.73. The molecule has 5 atom stereocenters. The van der Waals surface area contributed by atoms with Gasteiger partial charge in [0.2, 0.25) is 0 Å². The highest BCUT2D eigenvalue weighted by molar-refractivity contribution is 6.42. The van der Waals surface area contributed by atoms with E-state index in [4.69, 9.17) is 23.2 Å². The Hall–Kier alpha value is -1.80.